The molecule has 0 radical (unpaired) electrons. The van der Waals surface area contributed by atoms with Crippen molar-refractivity contribution in [3.8, 4) is 0 Å². The highest BCUT2D eigenvalue weighted by Gasteiger charge is 2.35. The van der Waals surface area contributed by atoms with E-state index in [1.165, 1.54) is 37.5 Å². The van der Waals surface area contributed by atoms with Crippen molar-refractivity contribution in [3.05, 3.63) is 39.4 Å². The number of amides is 1. The molecule has 140 valence electrons. The fourth-order valence-electron chi connectivity index (χ4n) is 4.16. The van der Waals surface area contributed by atoms with Crippen LogP contribution in [0.1, 0.15) is 54.4 Å². The van der Waals surface area contributed by atoms with Gasteiger partial charge in [-0.1, -0.05) is 18.9 Å². The van der Waals surface area contributed by atoms with Gasteiger partial charge in [0, 0.05) is 24.2 Å². The highest BCUT2D eigenvalue weighted by molar-refractivity contribution is 5.92. The minimum absolute atomic E-state index is 0.0873. The maximum atomic E-state index is 12.6. The molecule has 0 N–H and O–H groups in total. The topological polar surface area (TPSA) is 89.8 Å². The van der Waals surface area contributed by atoms with E-state index >= 15 is 0 Å². The predicted molar refractivity (Wildman–Crippen MR) is 94.8 cm³/mol. The van der Waals surface area contributed by atoms with Crippen molar-refractivity contribution in [3.63, 3.8) is 0 Å². The molecule has 0 spiro atoms. The van der Waals surface area contributed by atoms with Crippen molar-refractivity contribution >= 4 is 17.6 Å². The second kappa shape index (κ2) is 7.85. The second-order valence-electron chi connectivity index (χ2n) is 7.18. The van der Waals surface area contributed by atoms with Crippen LogP contribution in [0, 0.1) is 23.0 Å². The first-order chi connectivity index (χ1) is 12.5. The first kappa shape index (κ1) is 18.4. The van der Waals surface area contributed by atoms with Gasteiger partial charge in [0.2, 0.25) is 0 Å². The quantitative estimate of drug-likeness (QED) is 0.467. The summed E-state index contributed by atoms with van der Waals surface area (Å²) < 4.78 is 5.14. The molecule has 1 heterocycles. The number of hydrogen-bond donors (Lipinski definition) is 0. The van der Waals surface area contributed by atoms with Gasteiger partial charge in [-0.05, 0) is 44.6 Å². The molecule has 2 aliphatic rings. The van der Waals surface area contributed by atoms with Gasteiger partial charge in [-0.25, -0.2) is 4.79 Å². The smallest absolute Gasteiger partial charge is 0.338 e. The lowest BCUT2D eigenvalue weighted by molar-refractivity contribution is -0.385. The van der Waals surface area contributed by atoms with E-state index in [0.29, 0.717) is 18.0 Å². The molecule has 2 fully saturated rings. The average molecular weight is 360 g/mol. The minimum atomic E-state index is -0.710. The normalized spacial score (nSPS) is 22.4. The summed E-state index contributed by atoms with van der Waals surface area (Å²) in [6, 6.07) is 4.45. The number of hydrogen-bond acceptors (Lipinski definition) is 5. The SMILES string of the molecule is Cc1ccc(C(=O)OCC(=O)N2CCC[C@H]3CCCC[C@H]32)cc1[N+](=O)[O-]. The number of benzene rings is 1. The van der Waals surface area contributed by atoms with Crippen molar-refractivity contribution in [1.29, 1.82) is 0 Å². The van der Waals surface area contributed by atoms with Crippen LogP contribution in [0.3, 0.4) is 0 Å². The number of likely N-dealkylation sites (tertiary alicyclic amines) is 1. The van der Waals surface area contributed by atoms with Crippen molar-refractivity contribution in [2.24, 2.45) is 5.92 Å². The first-order valence-corrected chi connectivity index (χ1v) is 9.19. The van der Waals surface area contributed by atoms with E-state index in [1.807, 2.05) is 4.90 Å². The Balaban J connectivity index is 1.61. The molecule has 1 aliphatic carbocycles. The van der Waals surface area contributed by atoms with Gasteiger partial charge in [0.25, 0.3) is 11.6 Å². The van der Waals surface area contributed by atoms with E-state index < -0.39 is 10.9 Å². The van der Waals surface area contributed by atoms with Gasteiger partial charge < -0.3 is 9.64 Å². The maximum absolute atomic E-state index is 12.6. The third-order valence-corrected chi connectivity index (χ3v) is 5.53. The summed E-state index contributed by atoms with van der Waals surface area (Å²) in [7, 11) is 0. The van der Waals surface area contributed by atoms with E-state index in [4.69, 9.17) is 4.74 Å². The molecule has 1 aromatic carbocycles. The highest BCUT2D eigenvalue weighted by atomic mass is 16.6. The van der Waals surface area contributed by atoms with Gasteiger partial charge in [-0.2, -0.15) is 0 Å². The van der Waals surface area contributed by atoms with E-state index in [-0.39, 0.29) is 29.8 Å². The van der Waals surface area contributed by atoms with Crippen LogP contribution in [0.4, 0.5) is 5.69 Å². The number of nitro benzene ring substituents is 1. The Morgan fingerprint density at radius 1 is 1.23 bits per heavy atom. The van der Waals surface area contributed by atoms with Gasteiger partial charge in [0.05, 0.1) is 10.5 Å². The highest BCUT2D eigenvalue weighted by Crippen LogP contribution is 2.35. The number of ether oxygens (including phenoxy) is 1. The van der Waals surface area contributed by atoms with Gasteiger partial charge in [-0.15, -0.1) is 0 Å². The molecule has 1 aliphatic heterocycles. The molecule has 0 bridgehead atoms. The van der Waals surface area contributed by atoms with Crippen LogP contribution in [-0.2, 0) is 9.53 Å². The molecule has 26 heavy (non-hydrogen) atoms. The lowest BCUT2D eigenvalue weighted by Crippen LogP contribution is -2.50. The minimum Gasteiger partial charge on any atom is -0.452 e. The fraction of sp³-hybridized carbons (Fsp3) is 0.579. The summed E-state index contributed by atoms with van der Waals surface area (Å²) in [6.45, 7) is 2.00. The maximum Gasteiger partial charge on any atom is 0.338 e. The number of aryl methyl sites for hydroxylation is 1. The molecule has 1 saturated carbocycles. The number of nitrogens with zero attached hydrogens (tertiary/aromatic N) is 2. The molecular weight excluding hydrogens is 336 g/mol. The van der Waals surface area contributed by atoms with E-state index in [0.717, 1.165) is 19.3 Å². The third-order valence-electron chi connectivity index (χ3n) is 5.53. The molecule has 0 unspecified atom stereocenters. The lowest BCUT2D eigenvalue weighted by atomic mass is 9.78. The number of esters is 1. The largest absolute Gasteiger partial charge is 0.452 e. The van der Waals surface area contributed by atoms with Crippen LogP contribution >= 0.6 is 0 Å². The Morgan fingerprint density at radius 2 is 1.96 bits per heavy atom. The van der Waals surface area contributed by atoms with Crippen LogP contribution in [0.25, 0.3) is 0 Å². The fourth-order valence-corrected chi connectivity index (χ4v) is 4.16. The van der Waals surface area contributed by atoms with Gasteiger partial charge in [0.1, 0.15) is 0 Å². The summed E-state index contributed by atoms with van der Waals surface area (Å²) in [4.78, 5) is 37.1. The van der Waals surface area contributed by atoms with E-state index in [1.54, 1.807) is 6.92 Å². The number of rotatable bonds is 4. The summed E-state index contributed by atoms with van der Waals surface area (Å²) in [6.07, 6.45) is 6.71. The zero-order chi connectivity index (χ0) is 18.7. The molecule has 3 rings (SSSR count). The molecule has 1 amide bonds. The number of piperidine rings is 1. The number of carbonyl (C=O) groups excluding carboxylic acids is 2. The number of nitro groups is 1. The van der Waals surface area contributed by atoms with Crippen LogP contribution in [0.2, 0.25) is 0 Å². The Bertz CT molecular complexity index is 716. The van der Waals surface area contributed by atoms with Crippen LogP contribution in [0.5, 0.6) is 0 Å². The average Bonchev–Trinajstić information content (AvgIpc) is 2.65. The standard InChI is InChI=1S/C19H24N2O5/c1-13-8-9-15(11-17(13)21(24)25)19(23)26-12-18(22)20-10-4-6-14-5-2-3-7-16(14)20/h8-9,11,14,16H,2-7,10,12H2,1H3/t14-,16-/m1/s1. The lowest BCUT2D eigenvalue weighted by Gasteiger charge is -2.44. The van der Waals surface area contributed by atoms with Crippen molar-refractivity contribution < 1.29 is 19.2 Å². The first-order valence-electron chi connectivity index (χ1n) is 9.19. The monoisotopic (exact) mass is 360 g/mol. The second-order valence-corrected chi connectivity index (χ2v) is 7.18. The zero-order valence-electron chi connectivity index (χ0n) is 15.0. The molecule has 2 atom stereocenters. The zero-order valence-corrected chi connectivity index (χ0v) is 15.0. The molecule has 1 saturated heterocycles. The van der Waals surface area contributed by atoms with Gasteiger partial charge >= 0.3 is 5.97 Å². The Morgan fingerprint density at radius 3 is 2.73 bits per heavy atom. The Hall–Kier alpha value is -2.44. The molecule has 7 heteroatoms. The van der Waals surface area contributed by atoms with Crippen LogP contribution in [-0.4, -0.2) is 40.9 Å². The van der Waals surface area contributed by atoms with Gasteiger partial charge in [0.15, 0.2) is 6.61 Å². The van der Waals surface area contributed by atoms with Crippen LogP contribution in [0.15, 0.2) is 18.2 Å². The van der Waals surface area contributed by atoms with E-state index in [2.05, 4.69) is 0 Å². The van der Waals surface area contributed by atoms with Crippen molar-refractivity contribution in [2.75, 3.05) is 13.2 Å². The van der Waals surface area contributed by atoms with Crippen molar-refractivity contribution in [1.82, 2.24) is 4.90 Å². The Kier molecular flexibility index (Phi) is 5.54. The molecule has 7 nitrogen and oxygen atoms in total. The molecule has 1 aromatic rings. The summed E-state index contributed by atoms with van der Waals surface area (Å²) >= 11 is 0. The predicted octanol–water partition coefficient (Wildman–Crippen LogP) is 3.24. The number of fused-ring (bicyclic) bond motifs is 1. The number of carbonyl (C=O) groups is 2. The van der Waals surface area contributed by atoms with E-state index in [9.17, 15) is 19.7 Å². The van der Waals surface area contributed by atoms with Gasteiger partial charge in [-0.3, -0.25) is 14.9 Å². The molecule has 0 aromatic heterocycles. The summed E-state index contributed by atoms with van der Waals surface area (Å²) in [5.41, 5.74) is 0.426. The van der Waals surface area contributed by atoms with Crippen LogP contribution < -0.4 is 0 Å². The Labute approximate surface area is 152 Å². The summed E-state index contributed by atoms with van der Waals surface area (Å²) in [5.74, 6) is -0.313. The molecular formula is C19H24N2O5. The third kappa shape index (κ3) is 3.86. The summed E-state index contributed by atoms with van der Waals surface area (Å²) in [5, 5.41) is 11.0. The van der Waals surface area contributed by atoms with Crippen molar-refractivity contribution in [2.45, 2.75) is 51.5 Å².